The molecule has 2 heterocycles. The Labute approximate surface area is 139 Å². The molecule has 0 aliphatic heterocycles. The van der Waals surface area contributed by atoms with Crippen LogP contribution >= 0.6 is 0 Å². The zero-order valence-electron chi connectivity index (χ0n) is 13.5. The lowest BCUT2D eigenvalue weighted by atomic mass is 10.2. The largest absolute Gasteiger partial charge is 0.338 e. The molecule has 1 aromatic carbocycles. The Morgan fingerprint density at radius 3 is 2.38 bits per heavy atom. The van der Waals surface area contributed by atoms with Gasteiger partial charge in [0.15, 0.2) is 15.7 Å². The third kappa shape index (κ3) is 2.69. The Morgan fingerprint density at radius 1 is 1.08 bits per heavy atom. The highest BCUT2D eigenvalue weighted by atomic mass is 32.2. The standard InChI is InChI=1S/C16H18N4O3S/c1-16(2,3)24(22,23)11-6-4-10(5-7-11)18-14-13-12(19-20-14)8-9-17-15(13)21/h4-9H,1-3H3,(H,17,21)(H2,18,19,20). The highest BCUT2D eigenvalue weighted by molar-refractivity contribution is 7.92. The van der Waals surface area contributed by atoms with Gasteiger partial charge in [0.05, 0.1) is 15.2 Å². The number of nitrogens with zero attached hydrogens (tertiary/aromatic N) is 1. The first-order chi connectivity index (χ1) is 11.2. The minimum Gasteiger partial charge on any atom is -0.338 e. The van der Waals surface area contributed by atoms with Gasteiger partial charge >= 0.3 is 0 Å². The van der Waals surface area contributed by atoms with Crippen LogP contribution in [0.2, 0.25) is 0 Å². The van der Waals surface area contributed by atoms with E-state index in [1.165, 1.54) is 0 Å². The molecule has 0 bridgehead atoms. The summed E-state index contributed by atoms with van der Waals surface area (Å²) in [5.41, 5.74) is 1.00. The molecular formula is C16H18N4O3S. The molecule has 0 fully saturated rings. The molecule has 126 valence electrons. The van der Waals surface area contributed by atoms with Gasteiger partial charge in [0, 0.05) is 11.9 Å². The minimum absolute atomic E-state index is 0.254. The number of benzene rings is 1. The van der Waals surface area contributed by atoms with Crippen molar-refractivity contribution in [2.75, 3.05) is 5.32 Å². The molecule has 0 aliphatic rings. The second-order valence-electron chi connectivity index (χ2n) is 6.43. The van der Waals surface area contributed by atoms with Crippen LogP contribution < -0.4 is 10.9 Å². The molecule has 8 heteroatoms. The number of rotatable bonds is 3. The van der Waals surface area contributed by atoms with E-state index in [1.807, 2.05) is 0 Å². The lowest BCUT2D eigenvalue weighted by Crippen LogP contribution is -2.27. The summed E-state index contributed by atoms with van der Waals surface area (Å²) in [5.74, 6) is 0.387. The fourth-order valence-electron chi connectivity index (χ4n) is 2.28. The molecule has 3 aromatic rings. The SMILES string of the molecule is CC(C)(C)S(=O)(=O)c1ccc(Nc2n[nH]c3cc[nH]c(=O)c23)cc1. The van der Waals surface area contributed by atoms with E-state index in [0.29, 0.717) is 22.4 Å². The topological polar surface area (TPSA) is 108 Å². The molecule has 3 rings (SSSR count). The van der Waals surface area contributed by atoms with Crippen LogP contribution in [-0.4, -0.2) is 28.3 Å². The van der Waals surface area contributed by atoms with E-state index in [0.717, 1.165) is 0 Å². The quantitative estimate of drug-likeness (QED) is 0.675. The summed E-state index contributed by atoms with van der Waals surface area (Å²) in [6, 6.07) is 8.10. The Bertz CT molecular complexity index is 1040. The monoisotopic (exact) mass is 346 g/mol. The Kier molecular flexibility index (Phi) is 3.71. The number of anilines is 2. The summed E-state index contributed by atoms with van der Waals surface area (Å²) in [4.78, 5) is 14.8. The second kappa shape index (κ2) is 5.48. The predicted molar refractivity (Wildman–Crippen MR) is 93.4 cm³/mol. The number of nitrogens with one attached hydrogen (secondary N) is 3. The van der Waals surface area contributed by atoms with Gasteiger partial charge in [-0.15, -0.1) is 0 Å². The van der Waals surface area contributed by atoms with Crippen molar-refractivity contribution in [2.45, 2.75) is 30.4 Å². The third-order valence-corrected chi connectivity index (χ3v) is 6.22. The zero-order valence-corrected chi connectivity index (χ0v) is 14.4. The van der Waals surface area contributed by atoms with Crippen molar-refractivity contribution in [1.82, 2.24) is 15.2 Å². The maximum absolute atomic E-state index is 12.4. The van der Waals surface area contributed by atoms with Crippen LogP contribution in [0.4, 0.5) is 11.5 Å². The molecule has 0 atom stereocenters. The maximum atomic E-state index is 12.4. The molecule has 0 aliphatic carbocycles. The van der Waals surface area contributed by atoms with Gasteiger partial charge < -0.3 is 10.3 Å². The van der Waals surface area contributed by atoms with Gasteiger partial charge in [-0.3, -0.25) is 9.89 Å². The predicted octanol–water partition coefficient (Wildman–Crippen LogP) is 2.57. The minimum atomic E-state index is -3.40. The highest BCUT2D eigenvalue weighted by Crippen LogP contribution is 2.27. The van der Waals surface area contributed by atoms with E-state index in [2.05, 4.69) is 20.5 Å². The van der Waals surface area contributed by atoms with Gasteiger partial charge in [-0.25, -0.2) is 8.42 Å². The van der Waals surface area contributed by atoms with Crippen molar-refractivity contribution in [3.05, 3.63) is 46.9 Å². The van der Waals surface area contributed by atoms with Gasteiger partial charge in [0.2, 0.25) is 0 Å². The molecule has 24 heavy (non-hydrogen) atoms. The summed E-state index contributed by atoms with van der Waals surface area (Å²) < 4.78 is 24.0. The van der Waals surface area contributed by atoms with E-state index in [4.69, 9.17) is 0 Å². The first kappa shape index (κ1) is 16.3. The molecule has 2 aromatic heterocycles. The normalized spacial score (nSPS) is 12.5. The fraction of sp³-hybridized carbons (Fsp3) is 0.250. The molecule has 0 saturated heterocycles. The van der Waals surface area contributed by atoms with Gasteiger partial charge in [0.1, 0.15) is 5.39 Å². The average Bonchev–Trinajstić information content (AvgIpc) is 2.91. The first-order valence-corrected chi connectivity index (χ1v) is 8.86. The van der Waals surface area contributed by atoms with Gasteiger partial charge in [-0.05, 0) is 51.1 Å². The Hall–Kier alpha value is -2.61. The first-order valence-electron chi connectivity index (χ1n) is 7.37. The summed E-state index contributed by atoms with van der Waals surface area (Å²) >= 11 is 0. The lowest BCUT2D eigenvalue weighted by molar-refractivity contribution is 0.560. The molecular weight excluding hydrogens is 328 g/mol. The molecule has 3 N–H and O–H groups in total. The van der Waals surface area contributed by atoms with Crippen LogP contribution in [0, 0.1) is 0 Å². The molecule has 0 unspecified atom stereocenters. The Balaban J connectivity index is 1.94. The number of hydrogen-bond acceptors (Lipinski definition) is 5. The fourth-order valence-corrected chi connectivity index (χ4v) is 3.48. The van der Waals surface area contributed by atoms with E-state index in [9.17, 15) is 13.2 Å². The average molecular weight is 346 g/mol. The molecule has 0 saturated carbocycles. The van der Waals surface area contributed by atoms with Crippen molar-refractivity contribution in [3.63, 3.8) is 0 Å². The number of fused-ring (bicyclic) bond motifs is 1. The maximum Gasteiger partial charge on any atom is 0.261 e. The summed E-state index contributed by atoms with van der Waals surface area (Å²) in [6.45, 7) is 4.99. The smallest absolute Gasteiger partial charge is 0.261 e. The summed E-state index contributed by atoms with van der Waals surface area (Å²) in [5, 5.41) is 10.3. The Morgan fingerprint density at radius 2 is 1.75 bits per heavy atom. The zero-order chi connectivity index (χ0) is 17.5. The summed E-state index contributed by atoms with van der Waals surface area (Å²) in [6.07, 6.45) is 1.54. The van der Waals surface area contributed by atoms with Crippen molar-refractivity contribution >= 4 is 32.2 Å². The molecule has 7 nitrogen and oxygen atoms in total. The van der Waals surface area contributed by atoms with Crippen molar-refractivity contribution < 1.29 is 8.42 Å². The highest BCUT2D eigenvalue weighted by Gasteiger charge is 2.30. The lowest BCUT2D eigenvalue weighted by Gasteiger charge is -2.19. The van der Waals surface area contributed by atoms with Crippen LogP contribution in [0.3, 0.4) is 0 Å². The van der Waals surface area contributed by atoms with Gasteiger partial charge in [-0.2, -0.15) is 5.10 Å². The van der Waals surface area contributed by atoms with Crippen LogP contribution in [0.15, 0.2) is 46.2 Å². The number of sulfone groups is 1. The number of pyridine rings is 1. The van der Waals surface area contributed by atoms with Gasteiger partial charge in [0.25, 0.3) is 5.56 Å². The van der Waals surface area contributed by atoms with Crippen LogP contribution in [-0.2, 0) is 9.84 Å². The number of aromatic amines is 2. The molecule has 0 amide bonds. The van der Waals surface area contributed by atoms with Crippen LogP contribution in [0.1, 0.15) is 20.8 Å². The third-order valence-electron chi connectivity index (χ3n) is 3.72. The summed E-state index contributed by atoms with van der Waals surface area (Å²) in [7, 11) is -3.40. The van der Waals surface area contributed by atoms with Crippen molar-refractivity contribution in [3.8, 4) is 0 Å². The molecule has 0 radical (unpaired) electrons. The van der Waals surface area contributed by atoms with E-state index in [1.54, 1.807) is 57.3 Å². The molecule has 0 spiro atoms. The van der Waals surface area contributed by atoms with Crippen molar-refractivity contribution in [1.29, 1.82) is 0 Å². The number of aromatic nitrogens is 3. The number of hydrogen-bond donors (Lipinski definition) is 3. The second-order valence-corrected chi connectivity index (χ2v) is 9.14. The van der Waals surface area contributed by atoms with Crippen molar-refractivity contribution in [2.24, 2.45) is 0 Å². The van der Waals surface area contributed by atoms with Crippen LogP contribution in [0.25, 0.3) is 10.9 Å². The van der Waals surface area contributed by atoms with Gasteiger partial charge in [-0.1, -0.05) is 0 Å². The van der Waals surface area contributed by atoms with Crippen LogP contribution in [0.5, 0.6) is 0 Å². The van der Waals surface area contributed by atoms with E-state index in [-0.39, 0.29) is 10.5 Å². The van der Waals surface area contributed by atoms with E-state index >= 15 is 0 Å². The number of H-pyrrole nitrogens is 2. The van der Waals surface area contributed by atoms with E-state index < -0.39 is 14.6 Å².